The van der Waals surface area contributed by atoms with E-state index in [1.807, 2.05) is 11.8 Å². The highest BCUT2D eigenvalue weighted by molar-refractivity contribution is 7.99. The van der Waals surface area contributed by atoms with Gasteiger partial charge >= 0.3 is 0 Å². The van der Waals surface area contributed by atoms with Crippen molar-refractivity contribution < 1.29 is 0 Å². The zero-order chi connectivity index (χ0) is 17.8. The first-order chi connectivity index (χ1) is 13.4. The number of hydrogen-bond donors (Lipinski definition) is 2. The molecule has 0 aliphatic carbocycles. The quantitative estimate of drug-likeness (QED) is 0.323. The van der Waals surface area contributed by atoms with Crippen LogP contribution in [0.15, 0.2) is 94.7 Å². The smallest absolute Gasteiger partial charge is 0.0544 e. The Bertz CT molecular complexity index is 1330. The summed E-state index contributed by atoms with van der Waals surface area (Å²) >= 11 is 1.82. The number of nitrogens with one attached hydrogen (secondary N) is 2. The van der Waals surface area contributed by atoms with Gasteiger partial charge in [0.1, 0.15) is 0 Å². The Morgan fingerprint density at radius 1 is 0.630 bits per heavy atom. The zero-order valence-corrected chi connectivity index (χ0v) is 15.3. The van der Waals surface area contributed by atoms with E-state index in [0.717, 1.165) is 0 Å². The van der Waals surface area contributed by atoms with Crippen LogP contribution in [0.1, 0.15) is 0 Å². The summed E-state index contributed by atoms with van der Waals surface area (Å²) in [5.74, 6) is 0. The van der Waals surface area contributed by atoms with Crippen LogP contribution in [-0.4, -0.2) is 4.98 Å². The molecule has 1 aromatic heterocycles. The summed E-state index contributed by atoms with van der Waals surface area (Å²) in [7, 11) is 0. The van der Waals surface area contributed by atoms with Crippen molar-refractivity contribution in [3.8, 4) is 11.1 Å². The van der Waals surface area contributed by atoms with Gasteiger partial charge in [-0.2, -0.15) is 0 Å². The van der Waals surface area contributed by atoms with E-state index in [1.54, 1.807) is 0 Å². The number of benzene rings is 4. The molecule has 0 amide bonds. The standard InChI is InChI=1S/C24H16N2S/c1-2-9-19-17(6-1)18-8-5-7-16(24(18)26-19)15-12-13-23-21(14-15)25-20-10-3-4-11-22(20)27-23/h1-14,25-26H. The fourth-order valence-corrected chi connectivity index (χ4v) is 4.89. The normalized spacial score (nSPS) is 12.6. The molecule has 1 aliphatic rings. The van der Waals surface area contributed by atoms with Crippen LogP contribution in [0.4, 0.5) is 11.4 Å². The summed E-state index contributed by atoms with van der Waals surface area (Å²) in [5, 5.41) is 6.14. The third-order valence-electron chi connectivity index (χ3n) is 5.21. The topological polar surface area (TPSA) is 27.8 Å². The van der Waals surface area contributed by atoms with Gasteiger partial charge in [0.15, 0.2) is 0 Å². The van der Waals surface area contributed by atoms with Gasteiger partial charge in [-0.05, 0) is 35.9 Å². The monoisotopic (exact) mass is 364 g/mol. The molecular weight excluding hydrogens is 348 g/mol. The highest BCUT2D eigenvalue weighted by atomic mass is 32.2. The molecule has 2 heterocycles. The highest BCUT2D eigenvalue weighted by Crippen LogP contribution is 2.45. The molecule has 4 aromatic carbocycles. The van der Waals surface area contributed by atoms with Crippen molar-refractivity contribution in [2.45, 2.75) is 9.79 Å². The van der Waals surface area contributed by atoms with Crippen LogP contribution in [0.25, 0.3) is 32.9 Å². The van der Waals surface area contributed by atoms with Gasteiger partial charge in [-0.3, -0.25) is 0 Å². The maximum absolute atomic E-state index is 3.62. The van der Waals surface area contributed by atoms with Gasteiger partial charge in [-0.1, -0.05) is 66.4 Å². The minimum Gasteiger partial charge on any atom is -0.354 e. The molecule has 1 aliphatic heterocycles. The predicted molar refractivity (Wildman–Crippen MR) is 115 cm³/mol. The largest absolute Gasteiger partial charge is 0.354 e. The molecule has 0 radical (unpaired) electrons. The number of aromatic nitrogens is 1. The van der Waals surface area contributed by atoms with Gasteiger partial charge in [0.05, 0.1) is 16.9 Å². The summed E-state index contributed by atoms with van der Waals surface area (Å²) in [4.78, 5) is 6.15. The molecule has 5 aromatic rings. The Morgan fingerprint density at radius 3 is 2.44 bits per heavy atom. The van der Waals surface area contributed by atoms with Gasteiger partial charge in [0, 0.05) is 31.6 Å². The SMILES string of the molecule is c1ccc2c(c1)Nc1cc(-c3cccc4c3[nH]c3ccccc34)ccc1S2. The van der Waals surface area contributed by atoms with Crippen LogP contribution < -0.4 is 5.32 Å². The van der Waals surface area contributed by atoms with Crippen molar-refractivity contribution in [2.75, 3.05) is 5.32 Å². The first kappa shape index (κ1) is 14.9. The summed E-state index contributed by atoms with van der Waals surface area (Å²) in [6.07, 6.45) is 0. The fraction of sp³-hybridized carbons (Fsp3) is 0. The van der Waals surface area contributed by atoms with Crippen LogP contribution in [0.3, 0.4) is 0 Å². The molecule has 0 spiro atoms. The van der Waals surface area contributed by atoms with Gasteiger partial charge < -0.3 is 10.3 Å². The first-order valence-electron chi connectivity index (χ1n) is 9.04. The number of fused-ring (bicyclic) bond motifs is 5. The maximum Gasteiger partial charge on any atom is 0.0544 e. The lowest BCUT2D eigenvalue weighted by atomic mass is 10.0. The molecule has 2 N–H and O–H groups in total. The van der Waals surface area contributed by atoms with E-state index < -0.39 is 0 Å². The molecule has 27 heavy (non-hydrogen) atoms. The number of H-pyrrole nitrogens is 1. The van der Waals surface area contributed by atoms with Crippen LogP contribution in [0.2, 0.25) is 0 Å². The third kappa shape index (κ3) is 2.29. The molecule has 3 heteroatoms. The number of anilines is 2. The lowest BCUT2D eigenvalue weighted by Gasteiger charge is -2.21. The molecule has 0 bridgehead atoms. The fourth-order valence-electron chi connectivity index (χ4n) is 3.92. The lowest BCUT2D eigenvalue weighted by molar-refractivity contribution is 1.32. The van der Waals surface area contributed by atoms with E-state index in [0.29, 0.717) is 0 Å². The van der Waals surface area contributed by atoms with E-state index in [9.17, 15) is 0 Å². The molecule has 0 unspecified atom stereocenters. The average molecular weight is 364 g/mol. The Labute approximate surface area is 161 Å². The van der Waals surface area contributed by atoms with Crippen LogP contribution in [0.5, 0.6) is 0 Å². The molecule has 0 saturated heterocycles. The van der Waals surface area contributed by atoms with Gasteiger partial charge in [-0.15, -0.1) is 0 Å². The molecule has 0 atom stereocenters. The number of aromatic amines is 1. The van der Waals surface area contributed by atoms with Crippen molar-refractivity contribution in [1.29, 1.82) is 0 Å². The van der Waals surface area contributed by atoms with Crippen molar-refractivity contribution in [1.82, 2.24) is 4.98 Å². The third-order valence-corrected chi connectivity index (χ3v) is 6.36. The lowest BCUT2D eigenvalue weighted by Crippen LogP contribution is -1.99. The van der Waals surface area contributed by atoms with Crippen molar-refractivity contribution in [3.05, 3.63) is 84.9 Å². The molecular formula is C24H16N2S. The average Bonchev–Trinajstić information content (AvgIpc) is 3.10. The molecule has 2 nitrogen and oxygen atoms in total. The van der Waals surface area contributed by atoms with Crippen molar-refractivity contribution in [2.24, 2.45) is 0 Å². The van der Waals surface area contributed by atoms with Gasteiger partial charge in [0.2, 0.25) is 0 Å². The summed E-state index contributed by atoms with van der Waals surface area (Å²) in [6, 6.07) is 30.2. The summed E-state index contributed by atoms with van der Waals surface area (Å²) in [5.41, 5.74) is 7.18. The van der Waals surface area contributed by atoms with Gasteiger partial charge in [0.25, 0.3) is 0 Å². The molecule has 0 saturated carbocycles. The van der Waals surface area contributed by atoms with E-state index in [-0.39, 0.29) is 0 Å². The second-order valence-corrected chi connectivity index (χ2v) is 7.92. The Balaban J connectivity index is 1.53. The number of rotatable bonds is 1. The predicted octanol–water partition coefficient (Wildman–Crippen LogP) is 7.20. The van der Waals surface area contributed by atoms with E-state index in [1.165, 1.54) is 54.1 Å². The van der Waals surface area contributed by atoms with Crippen LogP contribution >= 0.6 is 11.8 Å². The maximum atomic E-state index is 3.62. The number of hydrogen-bond acceptors (Lipinski definition) is 2. The summed E-state index contributed by atoms with van der Waals surface area (Å²) in [6.45, 7) is 0. The Morgan fingerprint density at radius 2 is 1.44 bits per heavy atom. The second-order valence-electron chi connectivity index (χ2n) is 6.83. The van der Waals surface area contributed by atoms with Crippen LogP contribution in [-0.2, 0) is 0 Å². The second kappa shape index (κ2) is 5.66. The Hall–Kier alpha value is -3.17. The minimum atomic E-state index is 1.17. The van der Waals surface area contributed by atoms with Gasteiger partial charge in [-0.25, -0.2) is 0 Å². The van der Waals surface area contributed by atoms with E-state index in [2.05, 4.69) is 95.2 Å². The Kier molecular flexibility index (Phi) is 3.13. The van der Waals surface area contributed by atoms with E-state index >= 15 is 0 Å². The first-order valence-corrected chi connectivity index (χ1v) is 9.86. The molecule has 0 fully saturated rings. The van der Waals surface area contributed by atoms with E-state index in [4.69, 9.17) is 0 Å². The zero-order valence-electron chi connectivity index (χ0n) is 14.5. The van der Waals surface area contributed by atoms with Crippen LogP contribution in [0, 0.1) is 0 Å². The summed E-state index contributed by atoms with van der Waals surface area (Å²) < 4.78 is 0. The molecule has 6 rings (SSSR count). The number of para-hydroxylation sites is 3. The molecule has 128 valence electrons. The van der Waals surface area contributed by atoms with Crippen molar-refractivity contribution in [3.63, 3.8) is 0 Å². The van der Waals surface area contributed by atoms with Crippen molar-refractivity contribution >= 4 is 44.9 Å². The highest BCUT2D eigenvalue weighted by Gasteiger charge is 2.17. The minimum absolute atomic E-state index is 1.17.